The van der Waals surface area contributed by atoms with Crippen LogP contribution in [0, 0.1) is 0 Å². The summed E-state index contributed by atoms with van der Waals surface area (Å²) in [6, 6.07) is 6.91. The number of hydrogen-bond acceptors (Lipinski definition) is 8. The highest BCUT2D eigenvalue weighted by Gasteiger charge is 2.34. The van der Waals surface area contributed by atoms with Gasteiger partial charge in [0, 0.05) is 47.1 Å². The van der Waals surface area contributed by atoms with Crippen molar-refractivity contribution in [2.45, 2.75) is 44.3 Å². The molecular formula is C26H23Cl2N3O5S. The molecule has 6 rings (SSSR count). The van der Waals surface area contributed by atoms with E-state index in [1.165, 1.54) is 23.7 Å². The number of nitrogens with zero attached hydrogens (tertiary/aromatic N) is 3. The number of anilines is 1. The molecule has 2 fully saturated rings. The summed E-state index contributed by atoms with van der Waals surface area (Å²) in [6.07, 6.45) is 5.41. The molecule has 4 heterocycles. The van der Waals surface area contributed by atoms with Crippen molar-refractivity contribution < 1.29 is 23.6 Å². The zero-order valence-electron chi connectivity index (χ0n) is 19.7. The van der Waals surface area contributed by atoms with Crippen LogP contribution in [0.1, 0.15) is 53.5 Å². The zero-order chi connectivity index (χ0) is 25.5. The van der Waals surface area contributed by atoms with Crippen molar-refractivity contribution in [3.63, 3.8) is 0 Å². The highest BCUT2D eigenvalue weighted by molar-refractivity contribution is 7.14. The molecule has 0 bridgehead atoms. The first-order valence-electron chi connectivity index (χ1n) is 12.0. The highest BCUT2D eigenvalue weighted by atomic mass is 35.5. The topological polar surface area (TPSA) is 102 Å². The molecule has 0 spiro atoms. The van der Waals surface area contributed by atoms with Gasteiger partial charge >= 0.3 is 5.97 Å². The maximum Gasteiger partial charge on any atom is 0.371 e. The first-order chi connectivity index (χ1) is 18.0. The lowest BCUT2D eigenvalue weighted by Crippen LogP contribution is -2.37. The summed E-state index contributed by atoms with van der Waals surface area (Å²) < 4.78 is 17.2. The lowest BCUT2D eigenvalue weighted by Gasteiger charge is -2.31. The van der Waals surface area contributed by atoms with Crippen molar-refractivity contribution in [2.24, 2.45) is 0 Å². The number of carboxylic acid groups (broad SMARTS) is 1. The highest BCUT2D eigenvalue weighted by Crippen LogP contribution is 2.46. The minimum Gasteiger partial charge on any atom is -0.475 e. The number of rotatable bonds is 8. The molecule has 1 aliphatic heterocycles. The number of halogens is 2. The van der Waals surface area contributed by atoms with E-state index in [-0.39, 0.29) is 11.9 Å². The molecular weight excluding hydrogens is 537 g/mol. The van der Waals surface area contributed by atoms with Gasteiger partial charge in [0.2, 0.25) is 5.76 Å². The number of thiazole rings is 1. The second-order valence-corrected chi connectivity index (χ2v) is 10.9. The third-order valence-electron chi connectivity index (χ3n) is 6.74. The van der Waals surface area contributed by atoms with E-state index in [0.29, 0.717) is 45.1 Å². The first kappa shape index (κ1) is 24.5. The SMILES string of the molecule is O=C(O)c1cc(-c2csc(N3CCC(OCc4c(-c5c(Cl)cccc5Cl)noc4C4CC4)CC3)n2)co1. The van der Waals surface area contributed by atoms with Crippen LogP contribution in [-0.2, 0) is 11.3 Å². The molecule has 37 heavy (non-hydrogen) atoms. The van der Waals surface area contributed by atoms with E-state index in [2.05, 4.69) is 10.1 Å². The Morgan fingerprint density at radius 3 is 2.62 bits per heavy atom. The van der Waals surface area contributed by atoms with Gasteiger partial charge in [-0.15, -0.1) is 11.3 Å². The van der Waals surface area contributed by atoms with Crippen molar-refractivity contribution >= 4 is 45.6 Å². The zero-order valence-corrected chi connectivity index (χ0v) is 22.0. The van der Waals surface area contributed by atoms with Crippen LogP contribution in [0.4, 0.5) is 5.13 Å². The second-order valence-electron chi connectivity index (χ2n) is 9.26. The van der Waals surface area contributed by atoms with Crippen LogP contribution in [-0.4, -0.2) is 40.4 Å². The van der Waals surface area contributed by atoms with Gasteiger partial charge in [0.25, 0.3) is 0 Å². The molecule has 11 heteroatoms. The monoisotopic (exact) mass is 559 g/mol. The van der Waals surface area contributed by atoms with Crippen LogP contribution < -0.4 is 4.90 Å². The van der Waals surface area contributed by atoms with Gasteiger partial charge in [-0.05, 0) is 37.8 Å². The molecule has 1 aromatic carbocycles. The number of piperidine rings is 1. The molecule has 0 amide bonds. The fourth-order valence-electron chi connectivity index (χ4n) is 4.59. The molecule has 2 aliphatic rings. The maximum absolute atomic E-state index is 11.1. The maximum atomic E-state index is 11.1. The fourth-order valence-corrected chi connectivity index (χ4v) is 6.05. The van der Waals surface area contributed by atoms with Crippen molar-refractivity contribution in [2.75, 3.05) is 18.0 Å². The van der Waals surface area contributed by atoms with E-state index in [1.54, 1.807) is 12.1 Å². The van der Waals surface area contributed by atoms with Crippen LogP contribution in [0.5, 0.6) is 0 Å². The average molecular weight is 560 g/mol. The van der Waals surface area contributed by atoms with Gasteiger partial charge < -0.3 is 23.7 Å². The number of ether oxygens (including phenoxy) is 1. The third-order valence-corrected chi connectivity index (χ3v) is 8.27. The molecule has 192 valence electrons. The van der Waals surface area contributed by atoms with E-state index in [1.807, 2.05) is 11.4 Å². The summed E-state index contributed by atoms with van der Waals surface area (Å²) in [5, 5.41) is 17.3. The van der Waals surface area contributed by atoms with Crippen LogP contribution in [0.25, 0.3) is 22.5 Å². The molecule has 3 aromatic heterocycles. The smallest absolute Gasteiger partial charge is 0.371 e. The first-order valence-corrected chi connectivity index (χ1v) is 13.7. The Hall–Kier alpha value is -2.85. The Morgan fingerprint density at radius 1 is 1.19 bits per heavy atom. The second kappa shape index (κ2) is 10.1. The number of carboxylic acids is 1. The fraction of sp³-hybridized carbons (Fsp3) is 0.346. The predicted molar refractivity (Wildman–Crippen MR) is 141 cm³/mol. The van der Waals surface area contributed by atoms with Gasteiger partial charge in [-0.2, -0.15) is 0 Å². The predicted octanol–water partition coefficient (Wildman–Crippen LogP) is 7.13. The van der Waals surface area contributed by atoms with Crippen molar-refractivity contribution in [3.8, 4) is 22.5 Å². The van der Waals surface area contributed by atoms with Crippen LogP contribution in [0.2, 0.25) is 10.0 Å². The Morgan fingerprint density at radius 2 is 1.95 bits per heavy atom. The Labute approximate surface area is 226 Å². The molecule has 1 saturated carbocycles. The Bertz CT molecular complexity index is 1420. The van der Waals surface area contributed by atoms with E-state index in [4.69, 9.17) is 47.0 Å². The molecule has 0 radical (unpaired) electrons. The van der Waals surface area contributed by atoms with Crippen LogP contribution in [0.3, 0.4) is 0 Å². The molecule has 8 nitrogen and oxygen atoms in total. The molecule has 0 atom stereocenters. The number of carbonyl (C=O) groups is 1. The summed E-state index contributed by atoms with van der Waals surface area (Å²) in [7, 11) is 0. The van der Waals surface area contributed by atoms with E-state index >= 15 is 0 Å². The lowest BCUT2D eigenvalue weighted by atomic mass is 10.0. The molecule has 1 N–H and O–H groups in total. The number of aromatic carboxylic acids is 1. The number of benzene rings is 1. The summed E-state index contributed by atoms with van der Waals surface area (Å²) >= 11 is 14.5. The van der Waals surface area contributed by atoms with Gasteiger partial charge in [0.1, 0.15) is 17.7 Å². The molecule has 4 aromatic rings. The summed E-state index contributed by atoms with van der Waals surface area (Å²) in [5.41, 5.74) is 3.65. The minimum atomic E-state index is -1.10. The largest absolute Gasteiger partial charge is 0.475 e. The summed E-state index contributed by atoms with van der Waals surface area (Å²) in [5.74, 6) is 0.0642. The van der Waals surface area contributed by atoms with Crippen molar-refractivity contribution in [3.05, 3.63) is 63.0 Å². The Kier molecular flexibility index (Phi) is 6.71. The van der Waals surface area contributed by atoms with Gasteiger partial charge in [0.05, 0.1) is 28.5 Å². The average Bonchev–Trinajstić information content (AvgIpc) is 3.27. The van der Waals surface area contributed by atoms with E-state index < -0.39 is 5.97 Å². The van der Waals surface area contributed by atoms with Gasteiger partial charge in [-0.25, -0.2) is 9.78 Å². The lowest BCUT2D eigenvalue weighted by molar-refractivity contribution is 0.0246. The summed E-state index contributed by atoms with van der Waals surface area (Å²) in [6.45, 7) is 2.02. The van der Waals surface area contributed by atoms with Gasteiger partial charge in [-0.1, -0.05) is 34.4 Å². The van der Waals surface area contributed by atoms with E-state index in [0.717, 1.165) is 55.2 Å². The third kappa shape index (κ3) is 5.01. The van der Waals surface area contributed by atoms with Crippen molar-refractivity contribution in [1.82, 2.24) is 10.1 Å². The Balaban J connectivity index is 1.11. The normalized spacial score (nSPS) is 16.4. The summed E-state index contributed by atoms with van der Waals surface area (Å²) in [4.78, 5) is 18.0. The minimum absolute atomic E-state index is 0.0965. The number of hydrogen-bond donors (Lipinski definition) is 1. The number of furan rings is 1. The molecule has 0 unspecified atom stereocenters. The molecule has 1 aliphatic carbocycles. The van der Waals surface area contributed by atoms with Crippen molar-refractivity contribution in [1.29, 1.82) is 0 Å². The van der Waals surface area contributed by atoms with Crippen LogP contribution >= 0.6 is 34.5 Å². The van der Waals surface area contributed by atoms with E-state index in [9.17, 15) is 4.79 Å². The van der Waals surface area contributed by atoms with Gasteiger partial charge in [-0.3, -0.25) is 0 Å². The standard InChI is InChI=1S/C26H23Cl2N3O5S/c27-18-2-1-3-19(28)22(18)23-17(24(36-30-23)14-4-5-14)12-34-16-6-8-31(9-7-16)26-29-20(13-37-26)15-10-21(25(32)33)35-11-15/h1-3,10-11,13-14,16H,4-9,12H2,(H,32,33). The van der Waals surface area contributed by atoms with Gasteiger partial charge in [0.15, 0.2) is 5.13 Å². The van der Waals surface area contributed by atoms with Crippen LogP contribution in [0.15, 0.2) is 44.8 Å². The molecule has 1 saturated heterocycles. The quantitative estimate of drug-likeness (QED) is 0.243. The number of aromatic nitrogens is 2.